The van der Waals surface area contributed by atoms with Crippen LogP contribution in [0.4, 0.5) is 21.7 Å². The van der Waals surface area contributed by atoms with Crippen LogP contribution in [-0.4, -0.2) is 33.7 Å². The molecule has 2 aromatic heterocycles. The average Bonchev–Trinajstić information content (AvgIpc) is 3.40. The summed E-state index contributed by atoms with van der Waals surface area (Å²) in [7, 11) is 3.74. The van der Waals surface area contributed by atoms with Crippen molar-refractivity contribution in [3.63, 3.8) is 0 Å². The van der Waals surface area contributed by atoms with Crippen molar-refractivity contribution in [2.75, 3.05) is 17.3 Å². The number of halogens is 1. The maximum atomic E-state index is 13.4. The van der Waals surface area contributed by atoms with Gasteiger partial charge in [-0.2, -0.15) is 5.26 Å². The first-order valence-electron chi connectivity index (χ1n) is 10.1. The zero-order valence-electron chi connectivity index (χ0n) is 17.7. The normalized spacial score (nSPS) is 17.3. The van der Waals surface area contributed by atoms with Crippen LogP contribution in [-0.2, 0) is 18.3 Å². The number of carbonyl (C=O) groups excluding carboxylic acids is 1. The highest BCUT2D eigenvalue weighted by Gasteiger charge is 2.44. The number of pyridine rings is 1. The van der Waals surface area contributed by atoms with Crippen molar-refractivity contribution in [1.82, 2.24) is 14.5 Å². The summed E-state index contributed by atoms with van der Waals surface area (Å²) < 4.78 is 15.2. The van der Waals surface area contributed by atoms with Gasteiger partial charge in [-0.15, -0.1) is 0 Å². The summed E-state index contributed by atoms with van der Waals surface area (Å²) in [5, 5.41) is 12.2. The molecule has 31 heavy (non-hydrogen) atoms. The number of benzene rings is 1. The first-order chi connectivity index (χ1) is 14.9. The van der Waals surface area contributed by atoms with Gasteiger partial charge in [0, 0.05) is 25.8 Å². The largest absolute Gasteiger partial charge is 0.334 e. The van der Waals surface area contributed by atoms with Crippen molar-refractivity contribution in [2.45, 2.75) is 25.9 Å². The number of carbonyl (C=O) groups is 1. The molecule has 0 spiro atoms. The summed E-state index contributed by atoms with van der Waals surface area (Å²) >= 11 is 0. The molecule has 2 heterocycles. The van der Waals surface area contributed by atoms with Crippen molar-refractivity contribution < 1.29 is 9.18 Å². The number of hydrogen-bond acceptors (Lipinski definition) is 5. The van der Waals surface area contributed by atoms with E-state index in [4.69, 9.17) is 0 Å². The van der Waals surface area contributed by atoms with Gasteiger partial charge in [0.15, 0.2) is 5.82 Å². The predicted molar refractivity (Wildman–Crippen MR) is 119 cm³/mol. The fraction of sp³-hybridized carbons (Fsp3) is 0.304. The van der Waals surface area contributed by atoms with E-state index in [0.29, 0.717) is 22.7 Å². The van der Waals surface area contributed by atoms with Gasteiger partial charge >= 0.3 is 0 Å². The second-order valence-electron chi connectivity index (χ2n) is 7.70. The molecule has 8 heteroatoms. The summed E-state index contributed by atoms with van der Waals surface area (Å²) in [6.45, 7) is 5.84. The van der Waals surface area contributed by atoms with Crippen LogP contribution in [0.15, 0.2) is 31.1 Å². The monoisotopic (exact) mass is 418 g/mol. The first-order valence-corrected chi connectivity index (χ1v) is 10.1. The molecule has 1 aliphatic rings. The van der Waals surface area contributed by atoms with E-state index < -0.39 is 12.1 Å². The molecule has 4 rings (SSSR count). The van der Waals surface area contributed by atoms with Crippen molar-refractivity contribution >= 4 is 40.3 Å². The lowest BCUT2D eigenvalue weighted by Gasteiger charge is -2.23. The van der Waals surface area contributed by atoms with Crippen molar-refractivity contribution in [3.05, 3.63) is 47.8 Å². The number of fused-ring (bicyclic) bond motifs is 1. The molecule has 1 aromatic carbocycles. The lowest BCUT2D eigenvalue weighted by Crippen LogP contribution is -2.19. The molecule has 7 nitrogen and oxygen atoms in total. The molecule has 0 unspecified atom stereocenters. The summed E-state index contributed by atoms with van der Waals surface area (Å²) in [5.41, 5.74) is 4.51. The lowest BCUT2D eigenvalue weighted by atomic mass is 10.0. The highest BCUT2D eigenvalue weighted by Crippen LogP contribution is 2.36. The average molecular weight is 418 g/mol. The smallest absolute Gasteiger partial charge is 0.231 e. The van der Waals surface area contributed by atoms with Gasteiger partial charge in [0.05, 0.1) is 29.4 Å². The first kappa shape index (κ1) is 20.5. The van der Waals surface area contributed by atoms with Gasteiger partial charge in [-0.25, -0.2) is 14.4 Å². The maximum Gasteiger partial charge on any atom is 0.231 e. The summed E-state index contributed by atoms with van der Waals surface area (Å²) in [6, 6.07) is 7.87. The van der Waals surface area contributed by atoms with E-state index in [9.17, 15) is 14.4 Å². The molecule has 0 saturated heterocycles. The molecule has 1 amide bonds. The molecule has 0 bridgehead atoms. The number of amides is 1. The van der Waals surface area contributed by atoms with Crippen LogP contribution in [0.5, 0.6) is 0 Å². The number of hydrogen-bond donors (Lipinski definition) is 1. The Kier molecular flexibility index (Phi) is 5.19. The number of aromatic nitrogens is 3. The molecule has 0 radical (unpaired) electrons. The topological polar surface area (TPSA) is 86.8 Å². The Morgan fingerprint density at radius 2 is 2.23 bits per heavy atom. The lowest BCUT2D eigenvalue weighted by molar-refractivity contribution is -0.117. The predicted octanol–water partition coefficient (Wildman–Crippen LogP) is 4.11. The van der Waals surface area contributed by atoms with Crippen molar-refractivity contribution in [1.29, 1.82) is 5.26 Å². The van der Waals surface area contributed by atoms with Crippen LogP contribution in [0.1, 0.15) is 30.0 Å². The van der Waals surface area contributed by atoms with Crippen LogP contribution in [0.3, 0.4) is 0 Å². The van der Waals surface area contributed by atoms with E-state index >= 15 is 0 Å². The highest BCUT2D eigenvalue weighted by molar-refractivity contribution is 6.01. The van der Waals surface area contributed by atoms with Crippen molar-refractivity contribution in [3.8, 4) is 6.07 Å². The number of aryl methyl sites for hydroxylation is 2. The van der Waals surface area contributed by atoms with Gasteiger partial charge < -0.3 is 14.8 Å². The third-order valence-corrected chi connectivity index (χ3v) is 5.67. The molecule has 2 atom stereocenters. The Labute approximate surface area is 179 Å². The molecule has 0 aliphatic heterocycles. The van der Waals surface area contributed by atoms with Gasteiger partial charge in [0.2, 0.25) is 5.91 Å². The Hall–Kier alpha value is -3.73. The number of nitrogens with zero attached hydrogens (tertiary/aromatic N) is 5. The molecule has 158 valence electrons. The van der Waals surface area contributed by atoms with Crippen LogP contribution < -0.4 is 10.2 Å². The maximum absolute atomic E-state index is 13.4. The van der Waals surface area contributed by atoms with Crippen LogP contribution in [0.2, 0.25) is 0 Å². The van der Waals surface area contributed by atoms with Gasteiger partial charge in [-0.05, 0) is 36.1 Å². The van der Waals surface area contributed by atoms with Gasteiger partial charge in [0.1, 0.15) is 17.5 Å². The fourth-order valence-electron chi connectivity index (χ4n) is 3.65. The fourth-order valence-corrected chi connectivity index (χ4v) is 3.65. The molecule has 1 aliphatic carbocycles. The summed E-state index contributed by atoms with van der Waals surface area (Å²) in [4.78, 5) is 23.3. The van der Waals surface area contributed by atoms with Crippen LogP contribution in [0, 0.1) is 17.2 Å². The van der Waals surface area contributed by atoms with Gasteiger partial charge in [-0.1, -0.05) is 19.6 Å². The number of imidazole rings is 1. The Bertz CT molecular complexity index is 1240. The molecule has 1 fully saturated rings. The van der Waals surface area contributed by atoms with E-state index in [0.717, 1.165) is 28.8 Å². The minimum absolute atomic E-state index is 0.242. The van der Waals surface area contributed by atoms with Crippen LogP contribution in [0.25, 0.3) is 17.1 Å². The third kappa shape index (κ3) is 3.63. The van der Waals surface area contributed by atoms with Gasteiger partial charge in [-0.3, -0.25) is 4.79 Å². The molecular formula is C23H23FN6O. The minimum atomic E-state index is -1.09. The quantitative estimate of drug-likeness (QED) is 0.651. The second kappa shape index (κ2) is 7.84. The Balaban J connectivity index is 1.81. The SMILES string of the molecule is C=Cc1cc(N(C)c2cc3c(ncn3C)c(NC(=O)[C@H]3C[C@H]3F)n2)c(CC)cc1C#N. The molecule has 1 N–H and O–H groups in total. The number of rotatable bonds is 6. The second-order valence-corrected chi connectivity index (χ2v) is 7.70. The standard InChI is InChI=1S/C23H23FN6O/c1-5-13-8-18(14(6-2)7-15(13)11-25)30(4)20-10-19-21(26-12-29(19)3)22(27-20)28-23(31)16-9-17(16)24/h5,7-8,10,12,16-17H,1,6,9H2,2-4H3,(H,27,28,31)/t16-,17+/m0/s1. The zero-order valence-corrected chi connectivity index (χ0v) is 17.7. The van der Waals surface area contributed by atoms with E-state index in [1.807, 2.05) is 48.7 Å². The van der Waals surface area contributed by atoms with E-state index in [-0.39, 0.29) is 12.3 Å². The number of nitriles is 1. The Morgan fingerprint density at radius 3 is 2.84 bits per heavy atom. The summed E-state index contributed by atoms with van der Waals surface area (Å²) in [6.07, 6.45) is 3.18. The van der Waals surface area contributed by atoms with Crippen molar-refractivity contribution in [2.24, 2.45) is 13.0 Å². The van der Waals surface area contributed by atoms with E-state index in [1.54, 1.807) is 12.4 Å². The van der Waals surface area contributed by atoms with E-state index in [2.05, 4.69) is 27.9 Å². The number of alkyl halides is 1. The third-order valence-electron chi connectivity index (χ3n) is 5.67. The number of anilines is 3. The molecular weight excluding hydrogens is 395 g/mol. The minimum Gasteiger partial charge on any atom is -0.334 e. The van der Waals surface area contributed by atoms with E-state index in [1.165, 1.54) is 0 Å². The highest BCUT2D eigenvalue weighted by atomic mass is 19.1. The Morgan fingerprint density at radius 1 is 1.48 bits per heavy atom. The van der Waals surface area contributed by atoms with Crippen LogP contribution >= 0.6 is 0 Å². The molecule has 1 saturated carbocycles. The zero-order chi connectivity index (χ0) is 22.3. The summed E-state index contributed by atoms with van der Waals surface area (Å²) in [5.74, 6) is -0.108. The number of nitrogens with one attached hydrogen (secondary N) is 1. The van der Waals surface area contributed by atoms with Gasteiger partial charge in [0.25, 0.3) is 0 Å². The molecule has 3 aromatic rings.